The predicted octanol–water partition coefficient (Wildman–Crippen LogP) is 4.70. The van der Waals surface area contributed by atoms with E-state index in [1.165, 1.54) is 0 Å². The molecule has 0 atom stereocenters. The molecule has 0 unspecified atom stereocenters. The summed E-state index contributed by atoms with van der Waals surface area (Å²) in [6.45, 7) is 0. The Hall–Kier alpha value is -2.84. The normalized spacial score (nSPS) is 10.8. The lowest BCUT2D eigenvalue weighted by Crippen LogP contribution is -1.98. The van der Waals surface area contributed by atoms with E-state index in [4.69, 9.17) is 14.5 Å². The molecule has 0 aliphatic heterocycles. The summed E-state index contributed by atoms with van der Waals surface area (Å²) in [6.07, 6.45) is 1.70. The van der Waals surface area contributed by atoms with Gasteiger partial charge in [-0.2, -0.15) is 0 Å². The number of ether oxygens (including phenoxy) is 2. The molecule has 2 heterocycles. The van der Waals surface area contributed by atoms with Crippen LogP contribution in [0.5, 0.6) is 11.5 Å². The van der Waals surface area contributed by atoms with Crippen molar-refractivity contribution >= 4 is 23.1 Å². The average molecular weight is 411 g/mol. The molecule has 28 heavy (non-hydrogen) atoms. The number of hydrogen-bond acceptors (Lipinski definition) is 7. The highest BCUT2D eigenvalue weighted by molar-refractivity contribution is 7.98. The zero-order chi connectivity index (χ0) is 19.3. The number of thiazole rings is 1. The predicted molar refractivity (Wildman–Crippen MR) is 112 cm³/mol. The Morgan fingerprint density at radius 1 is 1.07 bits per heavy atom. The highest BCUT2D eigenvalue weighted by atomic mass is 32.2. The van der Waals surface area contributed by atoms with Crippen molar-refractivity contribution in [2.24, 2.45) is 0 Å². The van der Waals surface area contributed by atoms with E-state index >= 15 is 0 Å². The SMILES string of the molecule is COc1cccc(-c2nc(CSc3nncn3-c3ccccc3OC)cs2)c1. The molecular formula is C20H18N4O2S2. The number of hydrogen-bond donors (Lipinski definition) is 0. The number of methoxy groups -OCH3 is 2. The minimum Gasteiger partial charge on any atom is -0.497 e. The first kappa shape index (κ1) is 18.5. The quantitative estimate of drug-likeness (QED) is 0.412. The van der Waals surface area contributed by atoms with Gasteiger partial charge in [-0.15, -0.1) is 21.5 Å². The van der Waals surface area contributed by atoms with Gasteiger partial charge in [0.15, 0.2) is 5.16 Å². The Morgan fingerprint density at radius 2 is 1.96 bits per heavy atom. The molecule has 0 saturated carbocycles. The fourth-order valence-corrected chi connectivity index (χ4v) is 4.45. The van der Waals surface area contributed by atoms with Crippen LogP contribution in [0, 0.1) is 0 Å². The van der Waals surface area contributed by atoms with Gasteiger partial charge in [0.05, 0.1) is 25.6 Å². The van der Waals surface area contributed by atoms with E-state index in [9.17, 15) is 0 Å². The Balaban J connectivity index is 1.51. The topological polar surface area (TPSA) is 62.1 Å². The molecule has 0 spiro atoms. The van der Waals surface area contributed by atoms with E-state index in [2.05, 4.69) is 15.6 Å². The second-order valence-electron chi connectivity index (χ2n) is 5.82. The van der Waals surface area contributed by atoms with Gasteiger partial charge in [-0.3, -0.25) is 4.57 Å². The molecule has 2 aromatic heterocycles. The van der Waals surface area contributed by atoms with Gasteiger partial charge in [0.25, 0.3) is 0 Å². The van der Waals surface area contributed by atoms with Crippen LogP contribution < -0.4 is 9.47 Å². The second kappa shape index (κ2) is 8.45. The van der Waals surface area contributed by atoms with Crippen molar-refractivity contribution < 1.29 is 9.47 Å². The molecule has 0 aliphatic carbocycles. The lowest BCUT2D eigenvalue weighted by Gasteiger charge is -2.10. The largest absolute Gasteiger partial charge is 0.497 e. The van der Waals surface area contributed by atoms with E-state index in [0.717, 1.165) is 38.6 Å². The van der Waals surface area contributed by atoms with Gasteiger partial charge in [-0.1, -0.05) is 36.0 Å². The summed E-state index contributed by atoms with van der Waals surface area (Å²) in [4.78, 5) is 4.75. The molecule has 4 rings (SSSR count). The molecule has 0 saturated heterocycles. The number of benzene rings is 2. The third-order valence-corrected chi connectivity index (χ3v) is 6.00. The summed E-state index contributed by atoms with van der Waals surface area (Å²) in [5.41, 5.74) is 2.97. The standard InChI is InChI=1S/C20H18N4O2S2/c1-25-16-7-5-6-14(10-16)19-22-15(11-27-19)12-28-20-23-21-13-24(20)17-8-3-4-9-18(17)26-2/h3-11,13H,12H2,1-2H3. The van der Waals surface area contributed by atoms with Gasteiger partial charge >= 0.3 is 0 Å². The van der Waals surface area contributed by atoms with Crippen LogP contribution in [-0.4, -0.2) is 34.0 Å². The van der Waals surface area contributed by atoms with Crippen LogP contribution >= 0.6 is 23.1 Å². The third-order valence-electron chi connectivity index (χ3n) is 4.08. The second-order valence-corrected chi connectivity index (χ2v) is 7.62. The Labute approximate surface area is 171 Å². The van der Waals surface area contributed by atoms with Crippen LogP contribution in [0.2, 0.25) is 0 Å². The smallest absolute Gasteiger partial charge is 0.196 e. The van der Waals surface area contributed by atoms with Crippen molar-refractivity contribution in [3.8, 4) is 27.8 Å². The van der Waals surface area contributed by atoms with Crippen molar-refractivity contribution in [3.63, 3.8) is 0 Å². The van der Waals surface area contributed by atoms with E-state index < -0.39 is 0 Å². The van der Waals surface area contributed by atoms with Crippen LogP contribution in [-0.2, 0) is 5.75 Å². The van der Waals surface area contributed by atoms with Crippen molar-refractivity contribution in [1.82, 2.24) is 19.7 Å². The van der Waals surface area contributed by atoms with E-state index in [1.54, 1.807) is 43.6 Å². The first-order valence-electron chi connectivity index (χ1n) is 8.53. The van der Waals surface area contributed by atoms with Gasteiger partial charge in [0, 0.05) is 16.7 Å². The molecule has 0 fully saturated rings. The highest BCUT2D eigenvalue weighted by Gasteiger charge is 2.13. The summed E-state index contributed by atoms with van der Waals surface area (Å²) in [7, 11) is 3.33. The molecule has 142 valence electrons. The zero-order valence-electron chi connectivity index (χ0n) is 15.4. The van der Waals surface area contributed by atoms with Crippen molar-refractivity contribution in [3.05, 3.63) is 65.9 Å². The van der Waals surface area contributed by atoms with Crippen molar-refractivity contribution in [1.29, 1.82) is 0 Å². The minimum absolute atomic E-state index is 0.703. The molecule has 6 nitrogen and oxygen atoms in total. The van der Waals surface area contributed by atoms with Gasteiger partial charge < -0.3 is 9.47 Å². The van der Waals surface area contributed by atoms with E-state index in [0.29, 0.717) is 5.75 Å². The molecule has 0 N–H and O–H groups in total. The van der Waals surface area contributed by atoms with Gasteiger partial charge in [0.2, 0.25) is 0 Å². The molecule has 4 aromatic rings. The first-order chi connectivity index (χ1) is 13.8. The van der Waals surface area contributed by atoms with Gasteiger partial charge in [-0.05, 0) is 24.3 Å². The molecule has 0 amide bonds. The summed E-state index contributed by atoms with van der Waals surface area (Å²) < 4.78 is 12.7. The maximum atomic E-state index is 5.45. The molecule has 0 aliphatic rings. The Morgan fingerprint density at radius 3 is 2.82 bits per heavy atom. The maximum absolute atomic E-state index is 5.45. The number of nitrogens with zero attached hydrogens (tertiary/aromatic N) is 4. The lowest BCUT2D eigenvalue weighted by molar-refractivity contribution is 0.412. The van der Waals surface area contributed by atoms with Crippen LogP contribution in [0.25, 0.3) is 16.3 Å². The molecular weight excluding hydrogens is 392 g/mol. The minimum atomic E-state index is 0.703. The third kappa shape index (κ3) is 3.88. The number of thioether (sulfide) groups is 1. The Bertz CT molecular complexity index is 1080. The zero-order valence-corrected chi connectivity index (χ0v) is 17.0. The van der Waals surface area contributed by atoms with Crippen LogP contribution in [0.4, 0.5) is 0 Å². The fourth-order valence-electron chi connectivity index (χ4n) is 2.72. The monoisotopic (exact) mass is 410 g/mol. The summed E-state index contributed by atoms with van der Waals surface area (Å²) in [5.74, 6) is 2.31. The van der Waals surface area contributed by atoms with Crippen LogP contribution in [0.1, 0.15) is 5.69 Å². The molecule has 2 aromatic carbocycles. The maximum Gasteiger partial charge on any atom is 0.196 e. The number of rotatable bonds is 7. The van der Waals surface area contributed by atoms with Crippen molar-refractivity contribution in [2.75, 3.05) is 14.2 Å². The van der Waals surface area contributed by atoms with Gasteiger partial charge in [-0.25, -0.2) is 4.98 Å². The highest BCUT2D eigenvalue weighted by Crippen LogP contribution is 2.31. The lowest BCUT2D eigenvalue weighted by atomic mass is 10.2. The number of aromatic nitrogens is 4. The molecule has 0 radical (unpaired) electrons. The number of para-hydroxylation sites is 2. The molecule has 0 bridgehead atoms. The van der Waals surface area contributed by atoms with Crippen LogP contribution in [0.3, 0.4) is 0 Å². The summed E-state index contributed by atoms with van der Waals surface area (Å²) >= 11 is 3.21. The molecule has 8 heteroatoms. The first-order valence-corrected chi connectivity index (χ1v) is 10.4. The van der Waals surface area contributed by atoms with Gasteiger partial charge in [0.1, 0.15) is 22.8 Å². The van der Waals surface area contributed by atoms with E-state index in [-0.39, 0.29) is 0 Å². The van der Waals surface area contributed by atoms with Crippen molar-refractivity contribution in [2.45, 2.75) is 10.9 Å². The van der Waals surface area contributed by atoms with Crippen LogP contribution in [0.15, 0.2) is 65.4 Å². The summed E-state index contributed by atoms with van der Waals surface area (Å²) in [5, 5.41) is 12.2. The van der Waals surface area contributed by atoms with E-state index in [1.807, 2.05) is 53.1 Å². The summed E-state index contributed by atoms with van der Waals surface area (Å²) in [6, 6.07) is 15.7. The fraction of sp³-hybridized carbons (Fsp3) is 0.150. The Kier molecular flexibility index (Phi) is 5.59. The average Bonchev–Trinajstić information content (AvgIpc) is 3.41.